The number of carbonyl (C=O) groups excluding carboxylic acids is 2. The minimum Gasteiger partial charge on any atom is -0.321 e. The highest BCUT2D eigenvalue weighted by molar-refractivity contribution is 7.15. The number of hydrogen-bond acceptors (Lipinski definition) is 6. The number of anilines is 2. The van der Waals surface area contributed by atoms with Crippen LogP contribution in [0.2, 0.25) is 0 Å². The van der Waals surface area contributed by atoms with Gasteiger partial charge in [-0.15, -0.1) is 10.2 Å². The van der Waals surface area contributed by atoms with Crippen molar-refractivity contribution in [2.45, 2.75) is 18.8 Å². The largest absolute Gasteiger partial charge is 0.321 e. The van der Waals surface area contributed by atoms with Gasteiger partial charge >= 0.3 is 0 Å². The van der Waals surface area contributed by atoms with Gasteiger partial charge in [-0.3, -0.25) is 14.9 Å². The summed E-state index contributed by atoms with van der Waals surface area (Å²) < 4.78 is 0. The van der Waals surface area contributed by atoms with Crippen molar-refractivity contribution in [1.82, 2.24) is 10.2 Å². The molecule has 8 heteroatoms. The molecule has 1 fully saturated rings. The number of amides is 2. The maximum Gasteiger partial charge on any atom is 0.259 e. The molecular formula is C17H14N4O2S2. The molecule has 2 heterocycles. The molecule has 2 aromatic heterocycles. The molecule has 1 aliphatic carbocycles. The Hall–Kier alpha value is -2.58. The molecule has 0 atom stereocenters. The van der Waals surface area contributed by atoms with Crippen LogP contribution >= 0.6 is 22.7 Å². The van der Waals surface area contributed by atoms with Gasteiger partial charge in [0.25, 0.3) is 11.8 Å². The third-order valence-corrected chi connectivity index (χ3v) is 5.48. The first-order valence-electron chi connectivity index (χ1n) is 7.78. The number of thiophene rings is 1. The predicted molar refractivity (Wildman–Crippen MR) is 98.6 cm³/mol. The number of para-hydroxylation sites is 1. The summed E-state index contributed by atoms with van der Waals surface area (Å²) in [6, 6.07) is 8.64. The van der Waals surface area contributed by atoms with Gasteiger partial charge in [-0.25, -0.2) is 0 Å². The first kappa shape index (κ1) is 15.9. The lowest BCUT2D eigenvalue weighted by atomic mass is 10.1. The van der Waals surface area contributed by atoms with E-state index in [4.69, 9.17) is 0 Å². The molecule has 1 aliphatic rings. The van der Waals surface area contributed by atoms with Crippen molar-refractivity contribution in [2.24, 2.45) is 0 Å². The summed E-state index contributed by atoms with van der Waals surface area (Å²) in [6.07, 6.45) is 2.28. The Bertz CT molecular complexity index is 916. The molecule has 25 heavy (non-hydrogen) atoms. The first-order valence-corrected chi connectivity index (χ1v) is 9.54. The van der Waals surface area contributed by atoms with Crippen LogP contribution in [0.4, 0.5) is 10.8 Å². The van der Waals surface area contributed by atoms with E-state index in [1.165, 1.54) is 22.7 Å². The summed E-state index contributed by atoms with van der Waals surface area (Å²) in [4.78, 5) is 24.8. The zero-order valence-electron chi connectivity index (χ0n) is 13.1. The molecule has 0 spiro atoms. The van der Waals surface area contributed by atoms with E-state index in [2.05, 4.69) is 20.8 Å². The SMILES string of the molecule is O=C(Nc1ccccc1C(=O)Nc1nnc(C2CC2)s1)c1ccsc1. The Kier molecular flexibility index (Phi) is 4.29. The van der Waals surface area contributed by atoms with E-state index in [-0.39, 0.29) is 11.8 Å². The quantitative estimate of drug-likeness (QED) is 0.711. The highest BCUT2D eigenvalue weighted by atomic mass is 32.1. The molecule has 0 bridgehead atoms. The van der Waals surface area contributed by atoms with Crippen molar-refractivity contribution in [1.29, 1.82) is 0 Å². The minimum atomic E-state index is -0.320. The van der Waals surface area contributed by atoms with E-state index in [0.29, 0.717) is 27.9 Å². The van der Waals surface area contributed by atoms with Gasteiger partial charge < -0.3 is 5.32 Å². The van der Waals surface area contributed by atoms with Crippen molar-refractivity contribution in [3.63, 3.8) is 0 Å². The van der Waals surface area contributed by atoms with Crippen LogP contribution < -0.4 is 10.6 Å². The van der Waals surface area contributed by atoms with Crippen LogP contribution in [0.25, 0.3) is 0 Å². The third kappa shape index (κ3) is 3.59. The van der Waals surface area contributed by atoms with E-state index in [1.807, 2.05) is 5.38 Å². The lowest BCUT2D eigenvalue weighted by Crippen LogP contribution is -2.17. The van der Waals surface area contributed by atoms with Crippen LogP contribution in [0.1, 0.15) is 44.5 Å². The minimum absolute atomic E-state index is 0.242. The molecule has 126 valence electrons. The fourth-order valence-corrected chi connectivity index (χ4v) is 3.87. The fraction of sp³-hybridized carbons (Fsp3) is 0.176. The molecule has 0 unspecified atom stereocenters. The Balaban J connectivity index is 1.50. The molecule has 1 saturated carbocycles. The van der Waals surface area contributed by atoms with Gasteiger partial charge in [0.1, 0.15) is 5.01 Å². The number of carbonyl (C=O) groups is 2. The van der Waals surface area contributed by atoms with Crippen LogP contribution in [0.3, 0.4) is 0 Å². The van der Waals surface area contributed by atoms with Gasteiger partial charge in [0, 0.05) is 11.3 Å². The number of nitrogens with one attached hydrogen (secondary N) is 2. The second-order valence-electron chi connectivity index (χ2n) is 5.69. The normalized spacial score (nSPS) is 13.4. The van der Waals surface area contributed by atoms with Gasteiger partial charge in [-0.1, -0.05) is 23.5 Å². The zero-order valence-corrected chi connectivity index (χ0v) is 14.7. The second-order valence-corrected chi connectivity index (χ2v) is 7.47. The Morgan fingerprint density at radius 3 is 2.64 bits per heavy atom. The lowest BCUT2D eigenvalue weighted by molar-refractivity contribution is 0.102. The average Bonchev–Trinajstić information content (AvgIpc) is 3.12. The van der Waals surface area contributed by atoms with Crippen LogP contribution in [-0.2, 0) is 0 Å². The van der Waals surface area contributed by atoms with E-state index >= 15 is 0 Å². The van der Waals surface area contributed by atoms with Crippen LogP contribution in [0, 0.1) is 0 Å². The van der Waals surface area contributed by atoms with Crippen molar-refractivity contribution in [3.8, 4) is 0 Å². The summed E-state index contributed by atoms with van der Waals surface area (Å²) in [5.74, 6) is -0.0616. The molecule has 3 aromatic rings. The van der Waals surface area contributed by atoms with E-state index in [1.54, 1.807) is 35.7 Å². The van der Waals surface area contributed by atoms with Crippen molar-refractivity contribution in [3.05, 3.63) is 57.2 Å². The lowest BCUT2D eigenvalue weighted by Gasteiger charge is -2.09. The van der Waals surface area contributed by atoms with Crippen molar-refractivity contribution < 1.29 is 9.59 Å². The van der Waals surface area contributed by atoms with Crippen molar-refractivity contribution >= 4 is 45.3 Å². The zero-order chi connectivity index (χ0) is 17.2. The number of benzene rings is 1. The molecule has 0 radical (unpaired) electrons. The molecule has 4 rings (SSSR count). The average molecular weight is 370 g/mol. The highest BCUT2D eigenvalue weighted by Crippen LogP contribution is 2.42. The van der Waals surface area contributed by atoms with Gasteiger partial charge in [-0.2, -0.15) is 11.3 Å². The maximum absolute atomic E-state index is 12.6. The molecule has 2 N–H and O–H groups in total. The van der Waals surface area contributed by atoms with Gasteiger partial charge in [-0.05, 0) is 36.4 Å². The summed E-state index contributed by atoms with van der Waals surface area (Å²) in [5.41, 5.74) is 1.41. The topological polar surface area (TPSA) is 84.0 Å². The summed E-state index contributed by atoms with van der Waals surface area (Å²) in [5, 5.41) is 18.7. The molecular weight excluding hydrogens is 356 g/mol. The summed E-state index contributed by atoms with van der Waals surface area (Å²) >= 11 is 2.85. The number of nitrogens with zero attached hydrogens (tertiary/aromatic N) is 2. The van der Waals surface area contributed by atoms with Crippen LogP contribution in [-0.4, -0.2) is 22.0 Å². The Labute approximate surface area is 151 Å². The van der Waals surface area contributed by atoms with Gasteiger partial charge in [0.05, 0.1) is 16.8 Å². The highest BCUT2D eigenvalue weighted by Gasteiger charge is 2.28. The summed E-state index contributed by atoms with van der Waals surface area (Å²) in [7, 11) is 0. The Morgan fingerprint density at radius 2 is 1.88 bits per heavy atom. The van der Waals surface area contributed by atoms with E-state index in [9.17, 15) is 9.59 Å². The second kappa shape index (κ2) is 6.73. The predicted octanol–water partition coefficient (Wildman–Crippen LogP) is 3.98. The smallest absolute Gasteiger partial charge is 0.259 e. The van der Waals surface area contributed by atoms with E-state index in [0.717, 1.165) is 17.8 Å². The molecule has 0 saturated heterocycles. The van der Waals surface area contributed by atoms with Crippen LogP contribution in [0.5, 0.6) is 0 Å². The van der Waals surface area contributed by atoms with E-state index < -0.39 is 0 Å². The third-order valence-electron chi connectivity index (χ3n) is 3.79. The molecule has 6 nitrogen and oxygen atoms in total. The molecule has 0 aliphatic heterocycles. The Morgan fingerprint density at radius 1 is 1.04 bits per heavy atom. The van der Waals surface area contributed by atoms with Crippen molar-refractivity contribution in [2.75, 3.05) is 10.6 Å². The summed E-state index contributed by atoms with van der Waals surface area (Å²) in [6.45, 7) is 0. The number of hydrogen-bond donors (Lipinski definition) is 2. The van der Waals surface area contributed by atoms with Gasteiger partial charge in [0.15, 0.2) is 0 Å². The number of aromatic nitrogens is 2. The standard InChI is InChI=1S/C17H14N4O2S2/c22-14(11-7-8-24-9-11)18-13-4-2-1-3-12(13)15(23)19-17-21-20-16(25-17)10-5-6-10/h1-4,7-10H,5-6H2,(H,18,22)(H,19,21,23). The number of rotatable bonds is 5. The monoisotopic (exact) mass is 370 g/mol. The van der Waals surface area contributed by atoms with Gasteiger partial charge in [0.2, 0.25) is 5.13 Å². The van der Waals surface area contributed by atoms with Crippen LogP contribution in [0.15, 0.2) is 41.1 Å². The molecule has 1 aromatic carbocycles. The maximum atomic E-state index is 12.6. The first-order chi connectivity index (χ1) is 12.2. The fourth-order valence-electron chi connectivity index (χ4n) is 2.32. The molecule has 2 amide bonds.